The van der Waals surface area contributed by atoms with Crippen LogP contribution in [0.25, 0.3) is 22.4 Å². The molecular formula is C12H6Cl2N4O2. The van der Waals surface area contributed by atoms with Gasteiger partial charge in [-0.25, -0.2) is 0 Å². The fraction of sp³-hybridized carbons (Fsp3) is 0. The minimum absolute atomic E-state index is 0.0734. The number of fused-ring (bicyclic) bond motifs is 1. The Morgan fingerprint density at radius 3 is 2.75 bits per heavy atom. The van der Waals surface area contributed by atoms with E-state index in [1.807, 2.05) is 0 Å². The van der Waals surface area contributed by atoms with E-state index in [-0.39, 0.29) is 11.8 Å². The minimum atomic E-state index is -0.809. The van der Waals surface area contributed by atoms with Crippen LogP contribution in [0.15, 0.2) is 28.8 Å². The number of halogens is 2. The highest BCUT2D eigenvalue weighted by atomic mass is 35.5. The highest BCUT2D eigenvalue weighted by Gasteiger charge is 2.18. The van der Waals surface area contributed by atoms with Crippen molar-refractivity contribution in [2.45, 2.75) is 0 Å². The monoisotopic (exact) mass is 308 g/mol. The topological polar surface area (TPSA) is 94.9 Å². The third-order valence-corrected chi connectivity index (χ3v) is 3.14. The highest BCUT2D eigenvalue weighted by Crippen LogP contribution is 2.34. The van der Waals surface area contributed by atoms with Crippen molar-refractivity contribution in [3.8, 4) is 11.5 Å². The molecule has 0 atom stereocenters. The zero-order valence-electron chi connectivity index (χ0n) is 9.80. The van der Waals surface area contributed by atoms with Gasteiger partial charge in [0.1, 0.15) is 0 Å². The average molecular weight is 309 g/mol. The molecule has 0 aliphatic heterocycles. The summed E-state index contributed by atoms with van der Waals surface area (Å²) in [5, 5.41) is 8.94. The molecule has 6 nitrogen and oxygen atoms in total. The number of aromatic nitrogens is 3. The van der Waals surface area contributed by atoms with Crippen molar-refractivity contribution in [1.82, 2.24) is 15.2 Å². The number of pyridine rings is 1. The molecule has 2 heterocycles. The number of amides is 1. The molecule has 0 aliphatic carbocycles. The van der Waals surface area contributed by atoms with Crippen LogP contribution in [0.2, 0.25) is 10.0 Å². The standard InChI is InChI=1S/C12H6Cl2N4O2/c13-6-3-5-1-2-7(14)8(9(5)16-4-6)11-17-18-12(20-11)10(15)19/h1-4H,(H2,15,19). The van der Waals surface area contributed by atoms with Gasteiger partial charge in [0.2, 0.25) is 0 Å². The van der Waals surface area contributed by atoms with Gasteiger partial charge >= 0.3 is 11.8 Å². The maximum absolute atomic E-state index is 11.0. The van der Waals surface area contributed by atoms with Gasteiger partial charge in [-0.15, -0.1) is 10.2 Å². The molecule has 0 saturated carbocycles. The van der Waals surface area contributed by atoms with E-state index in [0.717, 1.165) is 5.39 Å². The first-order chi connectivity index (χ1) is 9.56. The molecule has 100 valence electrons. The first kappa shape index (κ1) is 12.8. The lowest BCUT2D eigenvalue weighted by molar-refractivity contribution is 0.0968. The summed E-state index contributed by atoms with van der Waals surface area (Å²) < 4.78 is 5.20. The molecule has 1 aromatic carbocycles. The Labute approximate surface area is 122 Å². The molecule has 0 bridgehead atoms. The molecule has 0 saturated heterocycles. The average Bonchev–Trinajstić information content (AvgIpc) is 2.88. The molecular weight excluding hydrogens is 303 g/mol. The number of nitrogens with zero attached hydrogens (tertiary/aromatic N) is 3. The van der Waals surface area contributed by atoms with Crippen molar-refractivity contribution in [2.24, 2.45) is 5.73 Å². The van der Waals surface area contributed by atoms with Gasteiger partial charge in [0.25, 0.3) is 5.89 Å². The van der Waals surface area contributed by atoms with Gasteiger partial charge in [0.15, 0.2) is 0 Å². The second-order valence-corrected chi connectivity index (χ2v) is 4.77. The zero-order valence-corrected chi connectivity index (χ0v) is 11.3. The second kappa shape index (κ2) is 4.73. The van der Waals surface area contributed by atoms with Crippen molar-refractivity contribution < 1.29 is 9.21 Å². The van der Waals surface area contributed by atoms with Gasteiger partial charge in [-0.05, 0) is 12.1 Å². The van der Waals surface area contributed by atoms with Gasteiger partial charge in [-0.1, -0.05) is 29.3 Å². The molecule has 20 heavy (non-hydrogen) atoms. The summed E-state index contributed by atoms with van der Waals surface area (Å²) in [4.78, 5) is 15.2. The molecule has 1 amide bonds. The predicted octanol–water partition coefficient (Wildman–Crippen LogP) is 2.69. The molecule has 2 aromatic heterocycles. The van der Waals surface area contributed by atoms with Gasteiger partial charge in [0.05, 0.1) is 21.1 Å². The molecule has 3 aromatic rings. The number of primary amides is 1. The van der Waals surface area contributed by atoms with Crippen molar-refractivity contribution in [2.75, 3.05) is 0 Å². The summed E-state index contributed by atoms with van der Waals surface area (Å²) in [5.41, 5.74) is 6.05. The summed E-state index contributed by atoms with van der Waals surface area (Å²) in [5.74, 6) is -1.03. The maximum atomic E-state index is 11.0. The lowest BCUT2D eigenvalue weighted by Crippen LogP contribution is -2.10. The number of hydrogen-bond donors (Lipinski definition) is 1. The normalized spacial score (nSPS) is 10.9. The SMILES string of the molecule is NC(=O)c1nnc(-c2c(Cl)ccc3cc(Cl)cnc23)o1. The molecule has 0 unspecified atom stereocenters. The highest BCUT2D eigenvalue weighted by molar-refractivity contribution is 6.35. The van der Waals surface area contributed by atoms with Gasteiger partial charge in [-0.2, -0.15) is 0 Å². The van der Waals surface area contributed by atoms with E-state index in [1.54, 1.807) is 18.2 Å². The smallest absolute Gasteiger partial charge is 0.306 e. The van der Waals surface area contributed by atoms with Crippen LogP contribution in [0.3, 0.4) is 0 Å². The van der Waals surface area contributed by atoms with Crippen LogP contribution in [-0.4, -0.2) is 21.1 Å². The largest absolute Gasteiger partial charge is 0.412 e. The Hall–Kier alpha value is -2.18. The van der Waals surface area contributed by atoms with E-state index in [9.17, 15) is 4.79 Å². The van der Waals surface area contributed by atoms with Crippen molar-refractivity contribution in [3.05, 3.63) is 40.3 Å². The van der Waals surface area contributed by atoms with E-state index < -0.39 is 5.91 Å². The van der Waals surface area contributed by atoms with E-state index in [1.165, 1.54) is 6.20 Å². The van der Waals surface area contributed by atoms with Crippen LogP contribution in [0, 0.1) is 0 Å². The summed E-state index contributed by atoms with van der Waals surface area (Å²) in [6.07, 6.45) is 1.48. The third kappa shape index (κ3) is 2.09. The summed E-state index contributed by atoms with van der Waals surface area (Å²) in [6, 6.07) is 5.16. The first-order valence-electron chi connectivity index (χ1n) is 5.43. The van der Waals surface area contributed by atoms with Gasteiger partial charge < -0.3 is 10.2 Å². The molecule has 3 rings (SSSR count). The first-order valence-corrected chi connectivity index (χ1v) is 6.19. The molecule has 0 radical (unpaired) electrons. The van der Waals surface area contributed by atoms with Gasteiger partial charge in [0, 0.05) is 11.6 Å². The quantitative estimate of drug-likeness (QED) is 0.785. The number of rotatable bonds is 2. The van der Waals surface area contributed by atoms with Gasteiger partial charge in [-0.3, -0.25) is 9.78 Å². The van der Waals surface area contributed by atoms with Crippen LogP contribution in [-0.2, 0) is 0 Å². The summed E-state index contributed by atoms with van der Waals surface area (Å²) in [6.45, 7) is 0. The Balaban J connectivity index is 2.28. The number of carbonyl (C=O) groups is 1. The Kier molecular flexibility index (Phi) is 3.04. The summed E-state index contributed by atoms with van der Waals surface area (Å²) in [7, 11) is 0. The second-order valence-electron chi connectivity index (χ2n) is 3.92. The number of carbonyl (C=O) groups excluding carboxylic acids is 1. The van der Waals surface area contributed by atoms with Crippen LogP contribution in [0.5, 0.6) is 0 Å². The van der Waals surface area contributed by atoms with Crippen molar-refractivity contribution >= 4 is 40.0 Å². The lowest BCUT2D eigenvalue weighted by Gasteiger charge is -2.04. The van der Waals surface area contributed by atoms with E-state index in [2.05, 4.69) is 15.2 Å². The fourth-order valence-corrected chi connectivity index (χ4v) is 2.18. The third-order valence-electron chi connectivity index (χ3n) is 2.62. The molecule has 2 N–H and O–H groups in total. The van der Waals surface area contributed by atoms with Crippen LogP contribution in [0.4, 0.5) is 0 Å². The van der Waals surface area contributed by atoms with E-state index in [0.29, 0.717) is 21.1 Å². The molecule has 0 fully saturated rings. The molecule has 0 spiro atoms. The maximum Gasteiger partial charge on any atom is 0.306 e. The van der Waals surface area contributed by atoms with Crippen molar-refractivity contribution in [1.29, 1.82) is 0 Å². The van der Waals surface area contributed by atoms with Crippen molar-refractivity contribution in [3.63, 3.8) is 0 Å². The van der Waals surface area contributed by atoms with Crippen LogP contribution < -0.4 is 5.73 Å². The Morgan fingerprint density at radius 1 is 1.25 bits per heavy atom. The zero-order chi connectivity index (χ0) is 14.3. The predicted molar refractivity (Wildman–Crippen MR) is 73.6 cm³/mol. The summed E-state index contributed by atoms with van der Waals surface area (Å²) >= 11 is 12.0. The Morgan fingerprint density at radius 2 is 2.05 bits per heavy atom. The van der Waals surface area contributed by atoms with E-state index >= 15 is 0 Å². The lowest BCUT2D eigenvalue weighted by atomic mass is 10.1. The van der Waals surface area contributed by atoms with Crippen LogP contribution >= 0.6 is 23.2 Å². The fourth-order valence-electron chi connectivity index (χ4n) is 1.78. The number of nitrogens with two attached hydrogens (primary N) is 1. The Bertz CT molecular complexity index is 831. The molecule has 0 aliphatic rings. The van der Waals surface area contributed by atoms with E-state index in [4.69, 9.17) is 33.4 Å². The van der Waals surface area contributed by atoms with Crippen LogP contribution in [0.1, 0.15) is 10.7 Å². The minimum Gasteiger partial charge on any atom is -0.412 e. The number of benzene rings is 1. The number of hydrogen-bond acceptors (Lipinski definition) is 5. The molecule has 8 heteroatoms.